The highest BCUT2D eigenvalue weighted by Gasteiger charge is 2.22. The van der Waals surface area contributed by atoms with E-state index in [-0.39, 0.29) is 12.2 Å². The summed E-state index contributed by atoms with van der Waals surface area (Å²) < 4.78 is 5.11. The molecular weight excluding hydrogens is 425 g/mol. The summed E-state index contributed by atoms with van der Waals surface area (Å²) in [6.45, 7) is 8.70. The average Bonchev–Trinajstić information content (AvgIpc) is 2.75. The number of amides is 1. The number of anilines is 2. The van der Waals surface area contributed by atoms with Crippen molar-refractivity contribution in [3.8, 4) is 0 Å². The molecule has 30 heavy (non-hydrogen) atoms. The van der Waals surface area contributed by atoms with Gasteiger partial charge in [0.1, 0.15) is 0 Å². The van der Waals surface area contributed by atoms with Gasteiger partial charge in [-0.3, -0.25) is 4.79 Å². The van der Waals surface area contributed by atoms with E-state index in [1.54, 1.807) is 31.2 Å². The molecule has 6 nitrogen and oxygen atoms in total. The lowest BCUT2D eigenvalue weighted by Gasteiger charge is -2.36. The predicted molar refractivity (Wildman–Crippen MR) is 121 cm³/mol. The van der Waals surface area contributed by atoms with E-state index in [1.165, 1.54) is 6.07 Å². The van der Waals surface area contributed by atoms with Crippen LogP contribution in [0.2, 0.25) is 10.0 Å². The van der Waals surface area contributed by atoms with E-state index in [1.807, 2.05) is 6.07 Å². The fourth-order valence-corrected chi connectivity index (χ4v) is 3.79. The van der Waals surface area contributed by atoms with E-state index in [0.29, 0.717) is 21.3 Å². The number of esters is 1. The summed E-state index contributed by atoms with van der Waals surface area (Å²) in [5.74, 6) is -0.826. The lowest BCUT2D eigenvalue weighted by Crippen LogP contribution is -2.46. The molecule has 0 aliphatic carbocycles. The molecule has 0 bridgehead atoms. The fraction of sp³-hybridized carbons (Fsp3) is 0.364. The number of nitrogens with zero attached hydrogens (tertiary/aromatic N) is 2. The van der Waals surface area contributed by atoms with Gasteiger partial charge in [-0.1, -0.05) is 30.1 Å². The first-order chi connectivity index (χ1) is 14.4. The zero-order valence-electron chi connectivity index (χ0n) is 17.1. The molecule has 0 radical (unpaired) electrons. The summed E-state index contributed by atoms with van der Waals surface area (Å²) in [5.41, 5.74) is 2.03. The Hall–Kier alpha value is -2.28. The number of carbonyl (C=O) groups is 2. The van der Waals surface area contributed by atoms with Crippen LogP contribution in [0.3, 0.4) is 0 Å². The summed E-state index contributed by atoms with van der Waals surface area (Å²) in [4.78, 5) is 29.7. The molecule has 1 aliphatic heterocycles. The molecule has 0 spiro atoms. The van der Waals surface area contributed by atoms with Crippen molar-refractivity contribution in [1.82, 2.24) is 4.90 Å². The number of likely N-dealkylation sites (N-methyl/N-ethyl adjacent to an activating group) is 1. The monoisotopic (exact) mass is 449 g/mol. The Balaban J connectivity index is 1.92. The standard InChI is InChI=1S/C22H25Cl2N3O3/c1-3-26-9-11-27(12-10-26)20-8-5-15(22(29)30-4-2)13-19(20)25-21(28)17-14-16(23)6-7-18(17)24/h5-8,13-14H,3-4,9-12H2,1-2H3,(H,25,28). The first kappa shape index (κ1) is 22.4. The van der Waals surface area contributed by atoms with E-state index in [2.05, 4.69) is 22.0 Å². The molecule has 1 heterocycles. The lowest BCUT2D eigenvalue weighted by atomic mass is 10.1. The smallest absolute Gasteiger partial charge is 0.338 e. The van der Waals surface area contributed by atoms with Crippen LogP contribution >= 0.6 is 23.2 Å². The Bertz CT molecular complexity index is 928. The molecule has 0 saturated carbocycles. The number of hydrogen-bond donors (Lipinski definition) is 1. The Kier molecular flexibility index (Phi) is 7.58. The van der Waals surface area contributed by atoms with Gasteiger partial charge < -0.3 is 19.9 Å². The summed E-state index contributed by atoms with van der Waals surface area (Å²) in [6, 6.07) is 9.95. The summed E-state index contributed by atoms with van der Waals surface area (Å²) in [5, 5.41) is 3.63. The molecule has 2 aromatic rings. The lowest BCUT2D eigenvalue weighted by molar-refractivity contribution is 0.0526. The highest BCUT2D eigenvalue weighted by molar-refractivity contribution is 6.36. The van der Waals surface area contributed by atoms with Gasteiger partial charge in [0, 0.05) is 31.2 Å². The minimum atomic E-state index is -0.434. The van der Waals surface area contributed by atoms with E-state index < -0.39 is 11.9 Å². The molecular formula is C22H25Cl2N3O3. The SMILES string of the molecule is CCOC(=O)c1ccc(N2CCN(CC)CC2)c(NC(=O)c2cc(Cl)ccc2Cl)c1. The normalized spacial score (nSPS) is 14.5. The van der Waals surface area contributed by atoms with E-state index in [0.717, 1.165) is 38.4 Å². The molecule has 3 rings (SSSR count). The first-order valence-electron chi connectivity index (χ1n) is 9.97. The van der Waals surface area contributed by atoms with Crippen LogP contribution in [0.15, 0.2) is 36.4 Å². The second-order valence-electron chi connectivity index (χ2n) is 6.95. The summed E-state index contributed by atoms with van der Waals surface area (Å²) >= 11 is 12.2. The van der Waals surface area contributed by atoms with Crippen molar-refractivity contribution in [3.63, 3.8) is 0 Å². The minimum absolute atomic E-state index is 0.271. The third-order valence-electron chi connectivity index (χ3n) is 5.09. The maximum absolute atomic E-state index is 12.9. The van der Waals surface area contributed by atoms with Gasteiger partial charge >= 0.3 is 5.97 Å². The maximum Gasteiger partial charge on any atom is 0.338 e. The number of benzene rings is 2. The molecule has 1 fully saturated rings. The van der Waals surface area contributed by atoms with Crippen LogP contribution in [0.5, 0.6) is 0 Å². The van der Waals surface area contributed by atoms with Crippen molar-refractivity contribution in [3.05, 3.63) is 57.6 Å². The molecule has 1 aliphatic rings. The van der Waals surface area contributed by atoms with Gasteiger partial charge in [0.25, 0.3) is 5.91 Å². The number of hydrogen-bond acceptors (Lipinski definition) is 5. The third-order valence-corrected chi connectivity index (χ3v) is 5.65. The first-order valence-corrected chi connectivity index (χ1v) is 10.7. The van der Waals surface area contributed by atoms with Crippen LogP contribution in [0.25, 0.3) is 0 Å². The fourth-order valence-electron chi connectivity index (χ4n) is 3.42. The number of piperazine rings is 1. The topological polar surface area (TPSA) is 61.9 Å². The molecule has 1 saturated heterocycles. The average molecular weight is 450 g/mol. The van der Waals surface area contributed by atoms with Crippen LogP contribution in [-0.4, -0.2) is 56.1 Å². The van der Waals surface area contributed by atoms with Crippen molar-refractivity contribution >= 4 is 46.5 Å². The van der Waals surface area contributed by atoms with E-state index in [9.17, 15) is 9.59 Å². The highest BCUT2D eigenvalue weighted by atomic mass is 35.5. The van der Waals surface area contributed by atoms with Gasteiger partial charge in [-0.15, -0.1) is 0 Å². The summed E-state index contributed by atoms with van der Waals surface area (Å²) in [7, 11) is 0. The number of rotatable bonds is 6. The minimum Gasteiger partial charge on any atom is -0.462 e. The molecule has 1 amide bonds. The van der Waals surface area contributed by atoms with Crippen molar-refractivity contribution < 1.29 is 14.3 Å². The molecule has 0 aromatic heterocycles. The zero-order chi connectivity index (χ0) is 21.7. The molecule has 160 valence electrons. The third kappa shape index (κ3) is 5.25. The van der Waals surface area contributed by atoms with Gasteiger partial charge in [0.05, 0.1) is 34.1 Å². The largest absolute Gasteiger partial charge is 0.462 e. The van der Waals surface area contributed by atoms with E-state index >= 15 is 0 Å². The van der Waals surface area contributed by atoms with Gasteiger partial charge in [-0.05, 0) is 49.9 Å². The molecule has 1 N–H and O–H groups in total. The second kappa shape index (κ2) is 10.2. The zero-order valence-corrected chi connectivity index (χ0v) is 18.6. The second-order valence-corrected chi connectivity index (χ2v) is 7.80. The van der Waals surface area contributed by atoms with Crippen LogP contribution in [0.1, 0.15) is 34.6 Å². The van der Waals surface area contributed by atoms with Crippen LogP contribution in [-0.2, 0) is 4.74 Å². The van der Waals surface area contributed by atoms with Crippen molar-refractivity contribution in [1.29, 1.82) is 0 Å². The Morgan fingerprint density at radius 3 is 2.43 bits per heavy atom. The van der Waals surface area contributed by atoms with Crippen LogP contribution in [0, 0.1) is 0 Å². The number of halogens is 2. The van der Waals surface area contributed by atoms with Crippen LogP contribution < -0.4 is 10.2 Å². The predicted octanol–water partition coefficient (Wildman–Crippen LogP) is 4.56. The van der Waals surface area contributed by atoms with Gasteiger partial charge in [-0.25, -0.2) is 4.79 Å². The van der Waals surface area contributed by atoms with Gasteiger partial charge in [0.15, 0.2) is 0 Å². The van der Waals surface area contributed by atoms with Crippen LogP contribution in [0.4, 0.5) is 11.4 Å². The molecule has 2 aromatic carbocycles. The maximum atomic E-state index is 12.9. The van der Waals surface area contributed by atoms with E-state index in [4.69, 9.17) is 27.9 Å². The van der Waals surface area contributed by atoms with Gasteiger partial charge in [-0.2, -0.15) is 0 Å². The Morgan fingerprint density at radius 2 is 1.77 bits per heavy atom. The van der Waals surface area contributed by atoms with Crippen molar-refractivity contribution in [2.24, 2.45) is 0 Å². The Labute approximate surface area is 186 Å². The van der Waals surface area contributed by atoms with Crippen molar-refractivity contribution in [2.45, 2.75) is 13.8 Å². The Morgan fingerprint density at radius 1 is 1.03 bits per heavy atom. The quantitative estimate of drug-likeness (QED) is 0.654. The number of ether oxygens (including phenoxy) is 1. The number of carbonyl (C=O) groups excluding carboxylic acids is 2. The molecule has 0 unspecified atom stereocenters. The molecule has 8 heteroatoms. The molecule has 0 atom stereocenters. The summed E-state index contributed by atoms with van der Waals surface area (Å²) in [6.07, 6.45) is 0. The number of nitrogens with one attached hydrogen (secondary N) is 1. The van der Waals surface area contributed by atoms with Crippen molar-refractivity contribution in [2.75, 3.05) is 49.5 Å². The highest BCUT2D eigenvalue weighted by Crippen LogP contribution is 2.30. The van der Waals surface area contributed by atoms with Gasteiger partial charge in [0.2, 0.25) is 0 Å².